The lowest BCUT2D eigenvalue weighted by Gasteiger charge is -2.35. The maximum Gasteiger partial charge on any atom is 0.253 e. The highest BCUT2D eigenvalue weighted by atomic mass is 32.1. The van der Waals surface area contributed by atoms with E-state index in [9.17, 15) is 9.59 Å². The summed E-state index contributed by atoms with van der Waals surface area (Å²) in [6.45, 7) is 4.76. The lowest BCUT2D eigenvalue weighted by molar-refractivity contribution is -0.132. The van der Waals surface area contributed by atoms with Crippen LogP contribution < -0.4 is 0 Å². The molecule has 3 heterocycles. The number of hydrogen-bond donors (Lipinski definition) is 1. The molecule has 0 spiro atoms. The standard InChI is InChI=1S/C22H25N5O2S2/c1-2-16-5-7-17(8-6-16)21(29)26-13-11-25(12-14-26)19(28)9-10-27-20(23-24-22(27)30)18-4-3-15-31-18/h3-8,15H,2,9-14H2,1H3,(H,24,30). The minimum absolute atomic E-state index is 0.0278. The van der Waals surface area contributed by atoms with Gasteiger partial charge in [0.05, 0.1) is 4.88 Å². The zero-order valence-corrected chi connectivity index (χ0v) is 19.0. The van der Waals surface area contributed by atoms with Crippen molar-refractivity contribution in [2.75, 3.05) is 26.2 Å². The molecule has 9 heteroatoms. The molecule has 2 aromatic heterocycles. The van der Waals surface area contributed by atoms with Crippen molar-refractivity contribution in [1.82, 2.24) is 24.6 Å². The molecule has 0 radical (unpaired) electrons. The van der Waals surface area contributed by atoms with Gasteiger partial charge in [-0.3, -0.25) is 19.3 Å². The molecule has 0 atom stereocenters. The van der Waals surface area contributed by atoms with Crippen LogP contribution >= 0.6 is 23.6 Å². The van der Waals surface area contributed by atoms with E-state index >= 15 is 0 Å². The summed E-state index contributed by atoms with van der Waals surface area (Å²) in [5, 5.41) is 9.12. The number of benzene rings is 1. The number of aromatic amines is 1. The summed E-state index contributed by atoms with van der Waals surface area (Å²) in [6.07, 6.45) is 1.30. The van der Waals surface area contributed by atoms with Gasteiger partial charge < -0.3 is 9.80 Å². The molecule has 4 rings (SSSR count). The third kappa shape index (κ3) is 4.77. The number of rotatable bonds is 6. The zero-order valence-electron chi connectivity index (χ0n) is 17.4. The highest BCUT2D eigenvalue weighted by Crippen LogP contribution is 2.23. The summed E-state index contributed by atoms with van der Waals surface area (Å²) in [4.78, 5) is 30.2. The van der Waals surface area contributed by atoms with Crippen molar-refractivity contribution in [2.45, 2.75) is 26.3 Å². The van der Waals surface area contributed by atoms with E-state index in [1.54, 1.807) is 11.3 Å². The summed E-state index contributed by atoms with van der Waals surface area (Å²) in [5.41, 5.74) is 1.92. The van der Waals surface area contributed by atoms with Gasteiger partial charge in [0.2, 0.25) is 5.91 Å². The van der Waals surface area contributed by atoms with E-state index in [0.717, 1.165) is 17.1 Å². The van der Waals surface area contributed by atoms with Crippen molar-refractivity contribution in [3.8, 4) is 10.7 Å². The molecule has 31 heavy (non-hydrogen) atoms. The molecule has 3 aromatic rings. The van der Waals surface area contributed by atoms with Gasteiger partial charge in [-0.25, -0.2) is 0 Å². The molecule has 162 valence electrons. The minimum Gasteiger partial charge on any atom is -0.339 e. The summed E-state index contributed by atoms with van der Waals surface area (Å²) in [5.74, 6) is 0.858. The molecule has 7 nitrogen and oxygen atoms in total. The smallest absolute Gasteiger partial charge is 0.253 e. The van der Waals surface area contributed by atoms with E-state index in [1.807, 2.05) is 56.1 Å². The number of carbonyl (C=O) groups is 2. The topological polar surface area (TPSA) is 74.2 Å². The fraction of sp³-hybridized carbons (Fsp3) is 0.364. The van der Waals surface area contributed by atoms with Gasteiger partial charge in [-0.05, 0) is 47.8 Å². The van der Waals surface area contributed by atoms with Crippen LogP contribution in [0.5, 0.6) is 0 Å². The predicted molar refractivity (Wildman–Crippen MR) is 124 cm³/mol. The lowest BCUT2D eigenvalue weighted by atomic mass is 10.1. The normalized spacial score (nSPS) is 14.1. The number of amides is 2. The molecule has 0 bridgehead atoms. The molecular formula is C22H25N5O2S2. The van der Waals surface area contributed by atoms with Crippen LogP contribution in [0.1, 0.15) is 29.3 Å². The van der Waals surface area contributed by atoms with Crippen LogP contribution in [0.25, 0.3) is 10.7 Å². The second-order valence-corrected chi connectivity index (χ2v) is 8.79. The van der Waals surface area contributed by atoms with Crippen LogP contribution in [0.4, 0.5) is 0 Å². The molecule has 0 saturated carbocycles. The Morgan fingerprint density at radius 3 is 2.45 bits per heavy atom. The Morgan fingerprint density at radius 2 is 1.81 bits per heavy atom. The van der Waals surface area contributed by atoms with Crippen LogP contribution in [0, 0.1) is 4.77 Å². The molecule has 1 N–H and O–H groups in total. The number of H-pyrrole nitrogens is 1. The highest BCUT2D eigenvalue weighted by Gasteiger charge is 2.25. The number of aryl methyl sites for hydroxylation is 1. The SMILES string of the molecule is CCc1ccc(C(=O)N2CCN(C(=O)CCn3c(-c4cccs4)n[nH]c3=S)CC2)cc1. The van der Waals surface area contributed by atoms with E-state index < -0.39 is 0 Å². The molecule has 1 aromatic carbocycles. The fourth-order valence-corrected chi connectivity index (χ4v) is 4.65. The number of nitrogens with one attached hydrogen (secondary N) is 1. The number of thiophene rings is 1. The van der Waals surface area contributed by atoms with Gasteiger partial charge >= 0.3 is 0 Å². The van der Waals surface area contributed by atoms with Gasteiger partial charge in [-0.1, -0.05) is 25.1 Å². The van der Waals surface area contributed by atoms with E-state index in [4.69, 9.17) is 12.2 Å². The van der Waals surface area contributed by atoms with Crippen molar-refractivity contribution >= 4 is 35.4 Å². The third-order valence-electron chi connectivity index (χ3n) is 5.58. The monoisotopic (exact) mass is 455 g/mol. The lowest BCUT2D eigenvalue weighted by Crippen LogP contribution is -2.50. The Balaban J connectivity index is 1.31. The van der Waals surface area contributed by atoms with Crippen LogP contribution in [0.2, 0.25) is 0 Å². The van der Waals surface area contributed by atoms with Gasteiger partial charge in [0.25, 0.3) is 5.91 Å². The van der Waals surface area contributed by atoms with Crippen molar-refractivity contribution in [3.05, 3.63) is 57.7 Å². The van der Waals surface area contributed by atoms with Crippen LogP contribution in [-0.4, -0.2) is 62.6 Å². The van der Waals surface area contributed by atoms with Crippen LogP contribution in [0.15, 0.2) is 41.8 Å². The molecule has 1 aliphatic rings. The molecular weight excluding hydrogens is 430 g/mol. The van der Waals surface area contributed by atoms with Gasteiger partial charge in [0.1, 0.15) is 0 Å². The minimum atomic E-state index is 0.0278. The molecule has 1 aliphatic heterocycles. The first-order chi connectivity index (χ1) is 15.1. The number of piperazine rings is 1. The number of nitrogens with zero attached hydrogens (tertiary/aromatic N) is 4. The molecule has 2 amide bonds. The van der Waals surface area contributed by atoms with E-state index in [-0.39, 0.29) is 11.8 Å². The second kappa shape index (κ2) is 9.57. The summed E-state index contributed by atoms with van der Waals surface area (Å²) >= 11 is 6.93. The first-order valence-corrected chi connectivity index (χ1v) is 11.7. The summed E-state index contributed by atoms with van der Waals surface area (Å²) < 4.78 is 2.39. The average Bonchev–Trinajstić information content (AvgIpc) is 3.47. The quantitative estimate of drug-likeness (QED) is 0.577. The van der Waals surface area contributed by atoms with Crippen molar-refractivity contribution in [3.63, 3.8) is 0 Å². The first-order valence-electron chi connectivity index (χ1n) is 10.4. The maximum absolute atomic E-state index is 12.8. The molecule has 0 aliphatic carbocycles. The van der Waals surface area contributed by atoms with E-state index in [2.05, 4.69) is 17.1 Å². The predicted octanol–water partition coefficient (Wildman–Crippen LogP) is 3.61. The Hall–Kier alpha value is -2.78. The summed E-state index contributed by atoms with van der Waals surface area (Å²) in [7, 11) is 0. The van der Waals surface area contributed by atoms with Crippen LogP contribution in [-0.2, 0) is 17.8 Å². The Kier molecular flexibility index (Phi) is 6.62. The van der Waals surface area contributed by atoms with Gasteiger partial charge in [0, 0.05) is 44.7 Å². The first kappa shape index (κ1) is 21.5. The van der Waals surface area contributed by atoms with E-state index in [1.165, 1.54) is 5.56 Å². The fourth-order valence-electron chi connectivity index (χ4n) is 3.71. The van der Waals surface area contributed by atoms with E-state index in [0.29, 0.717) is 49.5 Å². The Bertz CT molecular complexity index is 1090. The average molecular weight is 456 g/mol. The second-order valence-electron chi connectivity index (χ2n) is 7.45. The van der Waals surface area contributed by atoms with Gasteiger partial charge in [-0.2, -0.15) is 5.10 Å². The number of carbonyl (C=O) groups excluding carboxylic acids is 2. The largest absolute Gasteiger partial charge is 0.339 e. The number of aromatic nitrogens is 3. The highest BCUT2D eigenvalue weighted by molar-refractivity contribution is 7.71. The summed E-state index contributed by atoms with van der Waals surface area (Å²) in [6, 6.07) is 11.7. The maximum atomic E-state index is 12.8. The third-order valence-corrected chi connectivity index (χ3v) is 6.76. The number of hydrogen-bond acceptors (Lipinski definition) is 5. The molecule has 1 saturated heterocycles. The molecule has 1 fully saturated rings. The zero-order chi connectivity index (χ0) is 21.8. The van der Waals surface area contributed by atoms with Gasteiger partial charge in [-0.15, -0.1) is 11.3 Å². The van der Waals surface area contributed by atoms with Gasteiger partial charge in [0.15, 0.2) is 10.6 Å². The molecule has 0 unspecified atom stereocenters. The van der Waals surface area contributed by atoms with Crippen molar-refractivity contribution < 1.29 is 9.59 Å². The van der Waals surface area contributed by atoms with Crippen molar-refractivity contribution in [2.24, 2.45) is 0 Å². The Labute approximate surface area is 190 Å². The Morgan fingerprint density at radius 1 is 1.10 bits per heavy atom. The van der Waals surface area contributed by atoms with Crippen LogP contribution in [0.3, 0.4) is 0 Å². The van der Waals surface area contributed by atoms with Crippen molar-refractivity contribution in [1.29, 1.82) is 0 Å².